The maximum atomic E-state index is 13.3. The highest BCUT2D eigenvalue weighted by molar-refractivity contribution is 8.01. The lowest BCUT2D eigenvalue weighted by Crippen LogP contribution is -2.41. The molecular weight excluding hydrogens is 460 g/mol. The number of nitrogens with zero attached hydrogens (tertiary/aromatic N) is 1. The van der Waals surface area contributed by atoms with Crippen LogP contribution in [0.1, 0.15) is 28.7 Å². The van der Waals surface area contributed by atoms with Crippen molar-refractivity contribution >= 4 is 17.7 Å². The lowest BCUT2D eigenvalue weighted by molar-refractivity contribution is -0.132. The van der Waals surface area contributed by atoms with Crippen molar-refractivity contribution in [2.45, 2.75) is 29.0 Å². The number of nitrogens with one attached hydrogen (secondary N) is 1. The molecule has 1 N–H and O–H groups in total. The lowest BCUT2D eigenvalue weighted by Gasteiger charge is -2.37. The Morgan fingerprint density at radius 3 is 1.69 bits per heavy atom. The molecule has 1 aliphatic heterocycles. The van der Waals surface area contributed by atoms with E-state index >= 15 is 0 Å². The minimum absolute atomic E-state index is 0.159. The van der Waals surface area contributed by atoms with E-state index in [9.17, 15) is 4.79 Å². The molecule has 0 bridgehead atoms. The molecule has 4 heteroatoms. The molecule has 36 heavy (non-hydrogen) atoms. The largest absolute Gasteiger partial charge is 0.340 e. The molecular formula is C32H32N2OS. The number of hydrogen-bond donors (Lipinski definition) is 1. The fourth-order valence-corrected chi connectivity index (χ4v) is 6.94. The van der Waals surface area contributed by atoms with Gasteiger partial charge in [0, 0.05) is 25.4 Å². The highest BCUT2D eigenvalue weighted by Crippen LogP contribution is 2.51. The Bertz CT molecular complexity index is 1150. The summed E-state index contributed by atoms with van der Waals surface area (Å²) in [5.74, 6) is 0.159. The number of hydrogen-bond acceptors (Lipinski definition) is 3. The third-order valence-electron chi connectivity index (χ3n) is 6.91. The van der Waals surface area contributed by atoms with E-state index in [4.69, 9.17) is 0 Å². The van der Waals surface area contributed by atoms with Crippen molar-refractivity contribution in [3.63, 3.8) is 0 Å². The summed E-state index contributed by atoms with van der Waals surface area (Å²) in [7, 11) is 1.90. The van der Waals surface area contributed by atoms with Crippen molar-refractivity contribution in [2.75, 3.05) is 13.6 Å². The molecule has 1 heterocycles. The monoisotopic (exact) mass is 492 g/mol. The fraction of sp³-hybridized carbons (Fsp3) is 0.219. The van der Waals surface area contributed by atoms with Crippen LogP contribution < -0.4 is 5.32 Å². The Hall–Kier alpha value is -3.34. The molecule has 5 rings (SSSR count). The molecule has 2 atom stereocenters. The van der Waals surface area contributed by atoms with E-state index < -0.39 is 0 Å². The summed E-state index contributed by atoms with van der Waals surface area (Å²) in [5, 5.41) is 3.82. The van der Waals surface area contributed by atoms with Crippen LogP contribution >= 0.6 is 11.8 Å². The van der Waals surface area contributed by atoms with Gasteiger partial charge in [0.25, 0.3) is 0 Å². The summed E-state index contributed by atoms with van der Waals surface area (Å²) in [5.41, 5.74) is 4.91. The van der Waals surface area contributed by atoms with Gasteiger partial charge in [-0.2, -0.15) is 0 Å². The molecule has 0 saturated carbocycles. The lowest BCUT2D eigenvalue weighted by atomic mass is 9.84. The fourth-order valence-electron chi connectivity index (χ4n) is 5.16. The van der Waals surface area contributed by atoms with Crippen LogP contribution in [-0.4, -0.2) is 35.7 Å². The highest BCUT2D eigenvalue weighted by atomic mass is 32.2. The summed E-state index contributed by atoms with van der Waals surface area (Å²) in [6.45, 7) is 1.42. The van der Waals surface area contributed by atoms with Gasteiger partial charge in [0.1, 0.15) is 0 Å². The molecule has 0 aromatic heterocycles. The van der Waals surface area contributed by atoms with Crippen LogP contribution in [0.2, 0.25) is 0 Å². The Labute approximate surface area is 218 Å². The molecule has 3 nitrogen and oxygen atoms in total. The van der Waals surface area contributed by atoms with Crippen molar-refractivity contribution in [3.8, 4) is 0 Å². The SMILES string of the molecule is CN(Cc1ccccc1)C(=O)[C@H]1C[C@@H](SC(c2ccccc2)(c2ccccc2)c2ccccc2)CN1. The molecule has 0 unspecified atom stereocenters. The van der Waals surface area contributed by atoms with Gasteiger partial charge in [0.2, 0.25) is 5.91 Å². The summed E-state index contributed by atoms with van der Waals surface area (Å²) >= 11 is 1.96. The van der Waals surface area contributed by atoms with E-state index in [1.54, 1.807) is 0 Å². The van der Waals surface area contributed by atoms with Gasteiger partial charge < -0.3 is 10.2 Å². The summed E-state index contributed by atoms with van der Waals surface area (Å²) in [6, 6.07) is 42.3. The quantitative estimate of drug-likeness (QED) is 0.302. The Kier molecular flexibility index (Phi) is 7.55. The van der Waals surface area contributed by atoms with E-state index in [1.807, 2.05) is 41.9 Å². The Morgan fingerprint density at radius 2 is 1.22 bits per heavy atom. The van der Waals surface area contributed by atoms with Gasteiger partial charge in [-0.15, -0.1) is 11.8 Å². The minimum atomic E-state index is -0.371. The number of amides is 1. The number of likely N-dealkylation sites (N-methyl/N-ethyl adjacent to an activating group) is 1. The normalized spacial score (nSPS) is 17.6. The second-order valence-corrected chi connectivity index (χ2v) is 10.9. The number of benzene rings is 4. The van der Waals surface area contributed by atoms with Crippen molar-refractivity contribution < 1.29 is 4.79 Å². The average Bonchev–Trinajstić information content (AvgIpc) is 3.42. The number of rotatable bonds is 8. The van der Waals surface area contributed by atoms with E-state index in [0.717, 1.165) is 18.5 Å². The predicted molar refractivity (Wildman–Crippen MR) is 150 cm³/mol. The first-order chi connectivity index (χ1) is 17.7. The van der Waals surface area contributed by atoms with Crippen LogP contribution in [-0.2, 0) is 16.1 Å². The van der Waals surface area contributed by atoms with Gasteiger partial charge in [-0.3, -0.25) is 4.79 Å². The van der Waals surface area contributed by atoms with Gasteiger partial charge in [-0.25, -0.2) is 0 Å². The summed E-state index contributed by atoms with van der Waals surface area (Å²) < 4.78 is -0.371. The second kappa shape index (κ2) is 11.2. The van der Waals surface area contributed by atoms with Gasteiger partial charge in [0.05, 0.1) is 10.8 Å². The third-order valence-corrected chi connectivity index (χ3v) is 8.66. The van der Waals surface area contributed by atoms with Crippen LogP contribution in [0, 0.1) is 0 Å². The van der Waals surface area contributed by atoms with Crippen molar-refractivity contribution in [1.82, 2.24) is 10.2 Å². The van der Waals surface area contributed by atoms with Crippen molar-refractivity contribution in [3.05, 3.63) is 144 Å². The number of thioether (sulfide) groups is 1. The van der Waals surface area contributed by atoms with E-state index in [0.29, 0.717) is 6.54 Å². The standard InChI is InChI=1S/C32H32N2OS/c1-34(24-25-14-6-2-7-15-25)31(35)30-22-29(23-33-30)36-32(26-16-8-3-9-17-26,27-18-10-4-11-19-27)28-20-12-5-13-21-28/h2-21,29-30,33H,22-24H2,1H3/t29-,30-/m1/s1. The van der Waals surface area contributed by atoms with E-state index in [1.165, 1.54) is 16.7 Å². The molecule has 182 valence electrons. The summed E-state index contributed by atoms with van der Waals surface area (Å²) in [4.78, 5) is 15.2. The molecule has 1 fully saturated rings. The highest BCUT2D eigenvalue weighted by Gasteiger charge is 2.42. The van der Waals surface area contributed by atoms with E-state index in [-0.39, 0.29) is 21.9 Å². The smallest absolute Gasteiger partial charge is 0.239 e. The average molecular weight is 493 g/mol. The zero-order valence-electron chi connectivity index (χ0n) is 20.6. The molecule has 4 aromatic rings. The van der Waals surface area contributed by atoms with Gasteiger partial charge in [0.15, 0.2) is 0 Å². The van der Waals surface area contributed by atoms with Crippen LogP contribution in [0.15, 0.2) is 121 Å². The first-order valence-corrected chi connectivity index (χ1v) is 13.4. The molecule has 1 aliphatic rings. The van der Waals surface area contributed by atoms with Gasteiger partial charge in [-0.1, -0.05) is 121 Å². The third kappa shape index (κ3) is 5.11. The van der Waals surface area contributed by atoms with Crippen LogP contribution in [0.5, 0.6) is 0 Å². The van der Waals surface area contributed by atoms with E-state index in [2.05, 4.69) is 108 Å². The summed E-state index contributed by atoms with van der Waals surface area (Å²) in [6.07, 6.45) is 0.802. The van der Waals surface area contributed by atoms with Crippen LogP contribution in [0.4, 0.5) is 0 Å². The second-order valence-electron chi connectivity index (χ2n) is 9.40. The maximum Gasteiger partial charge on any atom is 0.239 e. The molecule has 0 spiro atoms. The van der Waals surface area contributed by atoms with Crippen LogP contribution in [0.25, 0.3) is 0 Å². The predicted octanol–water partition coefficient (Wildman–Crippen LogP) is 6.10. The Balaban J connectivity index is 1.43. The minimum Gasteiger partial charge on any atom is -0.340 e. The first kappa shape index (κ1) is 24.4. The number of carbonyl (C=O) groups excluding carboxylic acids is 1. The van der Waals surface area contributed by atoms with Crippen molar-refractivity contribution in [2.24, 2.45) is 0 Å². The zero-order valence-corrected chi connectivity index (χ0v) is 21.4. The molecule has 1 saturated heterocycles. The maximum absolute atomic E-state index is 13.3. The molecule has 0 aliphatic carbocycles. The molecule has 4 aromatic carbocycles. The topological polar surface area (TPSA) is 32.3 Å². The number of carbonyl (C=O) groups is 1. The van der Waals surface area contributed by atoms with Crippen LogP contribution in [0.3, 0.4) is 0 Å². The molecule has 1 amide bonds. The van der Waals surface area contributed by atoms with Gasteiger partial charge >= 0.3 is 0 Å². The first-order valence-electron chi connectivity index (χ1n) is 12.5. The Morgan fingerprint density at radius 1 is 0.778 bits per heavy atom. The molecule has 0 radical (unpaired) electrons. The zero-order chi connectivity index (χ0) is 24.8. The van der Waals surface area contributed by atoms with Crippen molar-refractivity contribution in [1.29, 1.82) is 0 Å². The van der Waals surface area contributed by atoms with Gasteiger partial charge in [-0.05, 0) is 28.7 Å².